The molecule has 1 aliphatic heterocycles. The summed E-state index contributed by atoms with van der Waals surface area (Å²) >= 11 is 2.08. The Bertz CT molecular complexity index is 1680. The second-order valence-corrected chi connectivity index (χ2v) is 11.6. The minimum Gasteiger partial charge on any atom is -0.497 e. The lowest BCUT2D eigenvalue weighted by Gasteiger charge is -2.37. The first-order valence-corrected chi connectivity index (χ1v) is 15.9. The molecule has 0 saturated carbocycles. The van der Waals surface area contributed by atoms with Crippen LogP contribution in [0.4, 0.5) is 10.3 Å². The first-order valence-electron chi connectivity index (χ1n) is 14.3. The fourth-order valence-corrected chi connectivity index (χ4v) is 6.49. The molecular weight excluding hydrogens is 676 g/mol. The van der Waals surface area contributed by atoms with Crippen LogP contribution in [0.2, 0.25) is 0 Å². The molecule has 2 N–H and O–H groups in total. The van der Waals surface area contributed by atoms with Gasteiger partial charge in [-0.25, -0.2) is 9.37 Å². The van der Waals surface area contributed by atoms with Crippen molar-refractivity contribution in [1.82, 2.24) is 19.5 Å². The summed E-state index contributed by atoms with van der Waals surface area (Å²) in [6.07, 6.45) is -1.69. The van der Waals surface area contributed by atoms with Crippen LogP contribution in [0, 0.1) is 0 Å². The molecule has 228 valence electrons. The molecule has 11 heteroatoms. The Morgan fingerprint density at radius 3 is 2.16 bits per heavy atom. The van der Waals surface area contributed by atoms with Gasteiger partial charge in [0.05, 0.1) is 26.1 Å². The van der Waals surface area contributed by atoms with Crippen molar-refractivity contribution < 1.29 is 23.7 Å². The fraction of sp³-hybridized carbons (Fsp3) is 0.303. The van der Waals surface area contributed by atoms with Crippen LogP contribution in [0.15, 0.2) is 91.3 Å². The Hall–Kier alpha value is -3.81. The van der Waals surface area contributed by atoms with Crippen molar-refractivity contribution in [2.24, 2.45) is 0 Å². The van der Waals surface area contributed by atoms with Gasteiger partial charge >= 0.3 is 0 Å². The normalized spacial score (nSPS) is 21.8. The number of aliphatic hydroxyl groups excluding tert-OH is 1. The number of anilines is 1. The zero-order valence-electron chi connectivity index (χ0n) is 24.5. The number of nitrogens with zero attached hydrogens (tertiary/aromatic N) is 4. The highest BCUT2D eigenvalue weighted by Crippen LogP contribution is 2.44. The lowest BCUT2D eigenvalue weighted by Crippen LogP contribution is -2.40. The van der Waals surface area contributed by atoms with Crippen LogP contribution >= 0.6 is 22.6 Å². The van der Waals surface area contributed by atoms with Crippen LogP contribution < -0.4 is 14.8 Å². The number of aliphatic hydroxyl groups is 1. The van der Waals surface area contributed by atoms with Gasteiger partial charge in [0.15, 0.2) is 23.1 Å². The Morgan fingerprint density at radius 1 is 1.00 bits per heavy atom. The number of imidazole rings is 1. The third kappa shape index (κ3) is 5.16. The Morgan fingerprint density at radius 2 is 1.61 bits per heavy atom. The number of benzene rings is 3. The van der Waals surface area contributed by atoms with Crippen molar-refractivity contribution in [3.63, 3.8) is 0 Å². The second kappa shape index (κ2) is 12.3. The van der Waals surface area contributed by atoms with E-state index in [9.17, 15) is 5.11 Å². The molecule has 44 heavy (non-hydrogen) atoms. The molecule has 1 fully saturated rings. The van der Waals surface area contributed by atoms with Crippen molar-refractivity contribution >= 4 is 39.7 Å². The SMILES string of the molecule is CCOc1nc(NC(c2ccccc2)(c2ccccc2)c2ccc(OC)cc2)nc2c1ncn2[C@@H]1O[C@H](CI)[C@@H](O)[C@@]1(C)F. The Kier molecular flexibility index (Phi) is 8.44. The van der Waals surface area contributed by atoms with E-state index in [1.807, 2.05) is 91.9 Å². The van der Waals surface area contributed by atoms with Crippen molar-refractivity contribution in [1.29, 1.82) is 0 Å². The van der Waals surface area contributed by atoms with Gasteiger partial charge in [-0.05, 0) is 42.7 Å². The van der Waals surface area contributed by atoms with Crippen LogP contribution in [-0.4, -0.2) is 60.6 Å². The second-order valence-electron chi connectivity index (χ2n) is 10.7. The van der Waals surface area contributed by atoms with E-state index in [0.29, 0.717) is 22.2 Å². The van der Waals surface area contributed by atoms with Crippen LogP contribution in [-0.2, 0) is 10.3 Å². The summed E-state index contributed by atoms with van der Waals surface area (Å²) in [4.78, 5) is 14.2. The number of rotatable bonds is 10. The number of alkyl halides is 2. The minimum atomic E-state index is -2.09. The molecule has 0 bridgehead atoms. The summed E-state index contributed by atoms with van der Waals surface area (Å²) < 4.78 is 35.4. The molecule has 0 radical (unpaired) electrons. The van der Waals surface area contributed by atoms with Crippen molar-refractivity contribution in [3.05, 3.63) is 108 Å². The molecule has 1 aliphatic rings. The van der Waals surface area contributed by atoms with Gasteiger partial charge in [0.25, 0.3) is 0 Å². The summed E-state index contributed by atoms with van der Waals surface area (Å²) in [5, 5.41) is 14.4. The van der Waals surface area contributed by atoms with Crippen molar-refractivity contribution in [2.75, 3.05) is 23.5 Å². The molecule has 2 aromatic heterocycles. The van der Waals surface area contributed by atoms with Crippen LogP contribution in [0.3, 0.4) is 0 Å². The summed E-state index contributed by atoms with van der Waals surface area (Å²) in [7, 11) is 1.63. The quantitative estimate of drug-likeness (QED) is 0.103. The summed E-state index contributed by atoms with van der Waals surface area (Å²) in [5.74, 6) is 1.20. The van der Waals surface area contributed by atoms with E-state index in [0.717, 1.165) is 22.4 Å². The molecule has 0 unspecified atom stereocenters. The number of aromatic nitrogens is 4. The van der Waals surface area contributed by atoms with Crippen LogP contribution in [0.25, 0.3) is 11.2 Å². The van der Waals surface area contributed by atoms with Gasteiger partial charge < -0.3 is 24.6 Å². The zero-order chi connectivity index (χ0) is 30.9. The number of halogens is 2. The lowest BCUT2D eigenvalue weighted by atomic mass is 9.77. The van der Waals surface area contributed by atoms with Gasteiger partial charge in [-0.2, -0.15) is 9.97 Å². The average molecular weight is 710 g/mol. The minimum absolute atomic E-state index is 0.232. The lowest BCUT2D eigenvalue weighted by molar-refractivity contribution is -0.0413. The zero-order valence-corrected chi connectivity index (χ0v) is 26.7. The molecule has 3 heterocycles. The monoisotopic (exact) mass is 709 g/mol. The van der Waals surface area contributed by atoms with Gasteiger partial charge in [-0.3, -0.25) is 4.57 Å². The number of nitrogens with one attached hydrogen (secondary N) is 1. The molecule has 0 spiro atoms. The number of ether oxygens (including phenoxy) is 3. The van der Waals surface area contributed by atoms with E-state index in [1.54, 1.807) is 7.11 Å². The molecule has 6 rings (SSSR count). The molecule has 9 nitrogen and oxygen atoms in total. The predicted molar refractivity (Wildman–Crippen MR) is 174 cm³/mol. The molecule has 4 atom stereocenters. The standard InChI is InChI=1S/C33H33FIN5O4/c1-4-43-29-26-28(40(20-36-26)30-32(2,34)27(41)25(19-35)44-30)37-31(38-29)39-33(21-11-7-5-8-12-21,22-13-9-6-10-14-22)23-15-17-24(42-3)18-16-23/h5-18,20,25,27,30,41H,4,19H2,1-3H3,(H,37,38,39)/t25-,27-,30-,32-/m1/s1. The fourth-order valence-electron chi connectivity index (χ4n) is 5.80. The predicted octanol–water partition coefficient (Wildman–Crippen LogP) is 6.06. The number of fused-ring (bicyclic) bond motifs is 1. The highest BCUT2D eigenvalue weighted by atomic mass is 127. The van der Waals surface area contributed by atoms with Gasteiger partial charge in [0.2, 0.25) is 11.8 Å². The topological polar surface area (TPSA) is 104 Å². The molecule has 1 saturated heterocycles. The molecular formula is C33H33FIN5O4. The molecule has 5 aromatic rings. The van der Waals surface area contributed by atoms with Crippen molar-refractivity contribution in [3.8, 4) is 11.6 Å². The third-order valence-corrected chi connectivity index (χ3v) is 8.90. The number of hydrogen-bond acceptors (Lipinski definition) is 8. The summed E-state index contributed by atoms with van der Waals surface area (Å²) in [5.41, 5.74) is 0.413. The largest absolute Gasteiger partial charge is 0.497 e. The maximum Gasteiger partial charge on any atom is 0.247 e. The summed E-state index contributed by atoms with van der Waals surface area (Å²) in [6, 6.07) is 27.9. The highest BCUT2D eigenvalue weighted by molar-refractivity contribution is 14.1. The van der Waals surface area contributed by atoms with Crippen LogP contribution in [0.1, 0.15) is 36.8 Å². The summed E-state index contributed by atoms with van der Waals surface area (Å²) in [6.45, 7) is 3.52. The van der Waals surface area contributed by atoms with Crippen molar-refractivity contribution in [2.45, 2.75) is 43.5 Å². The molecule has 0 aliphatic carbocycles. The highest BCUT2D eigenvalue weighted by Gasteiger charge is 2.55. The maximum absolute atomic E-state index is 16.0. The van der Waals surface area contributed by atoms with Gasteiger partial charge in [0.1, 0.15) is 17.4 Å². The van der Waals surface area contributed by atoms with Gasteiger partial charge in [0, 0.05) is 4.43 Å². The average Bonchev–Trinajstić information content (AvgIpc) is 3.58. The van der Waals surface area contributed by atoms with E-state index in [-0.39, 0.29) is 11.8 Å². The van der Waals surface area contributed by atoms with E-state index in [1.165, 1.54) is 17.8 Å². The number of methoxy groups -OCH3 is 1. The third-order valence-electron chi connectivity index (χ3n) is 8.03. The van der Waals surface area contributed by atoms with Gasteiger partial charge in [-0.1, -0.05) is 95.4 Å². The Labute approximate surface area is 268 Å². The van der Waals surface area contributed by atoms with E-state index < -0.39 is 29.6 Å². The molecule has 3 aromatic carbocycles. The number of hydrogen-bond donors (Lipinski definition) is 2. The van der Waals surface area contributed by atoms with E-state index >= 15 is 4.39 Å². The first-order chi connectivity index (χ1) is 21.3. The van der Waals surface area contributed by atoms with E-state index in [4.69, 9.17) is 24.2 Å². The smallest absolute Gasteiger partial charge is 0.247 e. The molecule has 0 amide bonds. The van der Waals surface area contributed by atoms with Gasteiger partial charge in [-0.15, -0.1) is 0 Å². The maximum atomic E-state index is 16.0. The Balaban J connectivity index is 1.57. The van der Waals surface area contributed by atoms with E-state index in [2.05, 4.69) is 32.9 Å². The van der Waals surface area contributed by atoms with Crippen LogP contribution in [0.5, 0.6) is 11.6 Å². The first kappa shape index (κ1) is 30.2.